The van der Waals surface area contributed by atoms with Crippen molar-refractivity contribution in [3.05, 3.63) is 46.5 Å². The van der Waals surface area contributed by atoms with Gasteiger partial charge >= 0.3 is 5.97 Å². The van der Waals surface area contributed by atoms with Gasteiger partial charge in [0, 0.05) is 5.57 Å². The lowest BCUT2D eigenvalue weighted by Crippen LogP contribution is -2.31. The summed E-state index contributed by atoms with van der Waals surface area (Å²) in [5.74, 6) is -0.0476. The number of carboxylic acids is 1. The van der Waals surface area contributed by atoms with E-state index in [1.165, 1.54) is 5.57 Å². The minimum atomic E-state index is -0.899. The Bertz CT molecular complexity index is 747. The molecule has 24 heavy (non-hydrogen) atoms. The normalized spacial score (nSPS) is 21.2. The van der Waals surface area contributed by atoms with Gasteiger partial charge in [0.1, 0.15) is 5.84 Å². The summed E-state index contributed by atoms with van der Waals surface area (Å²) in [6.07, 6.45) is 3.19. The molecule has 6 nitrogen and oxygen atoms in total. The standard InChI is InChI=1S/C18H22N4O2/c1-10(11-4-6-13(7-5-11)17(23)24)2-3-12-8-9-14-15(12)16(19)22-18(20)21-14/h4-7,10,18H,2-3,8-9,20H2,1H3,(H2,19,22)(H,23,24). The molecular weight excluding hydrogens is 304 g/mol. The van der Waals surface area contributed by atoms with E-state index < -0.39 is 12.3 Å². The topological polar surface area (TPSA) is 114 Å². The summed E-state index contributed by atoms with van der Waals surface area (Å²) in [6, 6.07) is 7.10. The average molecular weight is 326 g/mol. The van der Waals surface area contributed by atoms with Crippen LogP contribution in [0.5, 0.6) is 0 Å². The lowest BCUT2D eigenvalue weighted by atomic mass is 9.92. The Hall–Kier alpha value is -2.47. The van der Waals surface area contributed by atoms with Gasteiger partial charge < -0.3 is 10.8 Å². The first-order valence-electron chi connectivity index (χ1n) is 8.17. The van der Waals surface area contributed by atoms with E-state index in [0.29, 0.717) is 17.3 Å². The zero-order valence-electron chi connectivity index (χ0n) is 13.7. The summed E-state index contributed by atoms with van der Waals surface area (Å²) < 4.78 is 0. The number of rotatable bonds is 5. The highest BCUT2D eigenvalue weighted by molar-refractivity contribution is 6.26. The molecule has 0 saturated carbocycles. The Morgan fingerprint density at radius 3 is 2.67 bits per heavy atom. The van der Waals surface area contributed by atoms with Crippen molar-refractivity contribution in [2.45, 2.75) is 44.8 Å². The summed E-state index contributed by atoms with van der Waals surface area (Å²) in [6.45, 7) is 2.15. The molecule has 1 heterocycles. The van der Waals surface area contributed by atoms with Crippen molar-refractivity contribution >= 4 is 17.5 Å². The number of allylic oxidation sites excluding steroid dienone is 1. The largest absolute Gasteiger partial charge is 0.478 e. The van der Waals surface area contributed by atoms with Gasteiger partial charge in [-0.15, -0.1) is 0 Å². The number of amidine groups is 1. The number of hydrogen-bond donors (Lipinski definition) is 3. The van der Waals surface area contributed by atoms with E-state index in [2.05, 4.69) is 16.9 Å². The van der Waals surface area contributed by atoms with Gasteiger partial charge in [-0.3, -0.25) is 5.73 Å². The van der Waals surface area contributed by atoms with E-state index in [1.54, 1.807) is 12.1 Å². The number of benzene rings is 1. The second-order valence-corrected chi connectivity index (χ2v) is 6.35. The number of aromatic carboxylic acids is 1. The van der Waals surface area contributed by atoms with Crippen LogP contribution in [0.3, 0.4) is 0 Å². The van der Waals surface area contributed by atoms with Crippen molar-refractivity contribution in [3.63, 3.8) is 0 Å². The van der Waals surface area contributed by atoms with Gasteiger partial charge in [-0.25, -0.2) is 14.8 Å². The molecule has 0 aromatic heterocycles. The number of carboxylic acid groups (broad SMARTS) is 1. The SMILES string of the molecule is CC(CCC1=C2C(N)=NC(N)N=C2CC1)c1ccc(C(=O)O)cc1. The van der Waals surface area contributed by atoms with Crippen LogP contribution < -0.4 is 11.5 Å². The van der Waals surface area contributed by atoms with Crippen LogP contribution in [0.4, 0.5) is 0 Å². The van der Waals surface area contributed by atoms with Crippen LogP contribution in [0.1, 0.15) is 54.4 Å². The molecule has 0 bridgehead atoms. The summed E-state index contributed by atoms with van der Waals surface area (Å²) >= 11 is 0. The zero-order chi connectivity index (χ0) is 17.3. The highest BCUT2D eigenvalue weighted by Gasteiger charge is 2.27. The third kappa shape index (κ3) is 3.23. The minimum Gasteiger partial charge on any atom is -0.478 e. The Morgan fingerprint density at radius 1 is 1.29 bits per heavy atom. The van der Waals surface area contributed by atoms with E-state index in [9.17, 15) is 4.79 Å². The van der Waals surface area contributed by atoms with Crippen molar-refractivity contribution in [1.29, 1.82) is 0 Å². The predicted molar refractivity (Wildman–Crippen MR) is 94.3 cm³/mol. The first kappa shape index (κ1) is 16.4. The Labute approximate surface area is 141 Å². The maximum absolute atomic E-state index is 10.9. The fraction of sp³-hybridized carbons (Fsp3) is 0.389. The van der Waals surface area contributed by atoms with E-state index in [0.717, 1.165) is 42.5 Å². The van der Waals surface area contributed by atoms with Crippen LogP contribution in [-0.2, 0) is 0 Å². The molecule has 126 valence electrons. The number of nitrogens with zero attached hydrogens (tertiary/aromatic N) is 2. The van der Waals surface area contributed by atoms with Crippen LogP contribution in [0.2, 0.25) is 0 Å². The highest BCUT2D eigenvalue weighted by Crippen LogP contribution is 2.32. The van der Waals surface area contributed by atoms with E-state index >= 15 is 0 Å². The van der Waals surface area contributed by atoms with Gasteiger partial charge in [-0.05, 0) is 49.3 Å². The van der Waals surface area contributed by atoms with Crippen molar-refractivity contribution in [1.82, 2.24) is 0 Å². The molecule has 1 aromatic carbocycles. The molecule has 0 fully saturated rings. The molecule has 2 aliphatic rings. The fourth-order valence-corrected chi connectivity index (χ4v) is 3.34. The number of fused-ring (bicyclic) bond motifs is 1. The fourth-order valence-electron chi connectivity index (χ4n) is 3.34. The van der Waals surface area contributed by atoms with Gasteiger partial charge in [0.2, 0.25) is 0 Å². The highest BCUT2D eigenvalue weighted by atomic mass is 16.4. The lowest BCUT2D eigenvalue weighted by molar-refractivity contribution is 0.0697. The summed E-state index contributed by atoms with van der Waals surface area (Å²) in [7, 11) is 0. The lowest BCUT2D eigenvalue weighted by Gasteiger charge is -2.16. The predicted octanol–water partition coefficient (Wildman–Crippen LogP) is 2.41. The second kappa shape index (κ2) is 6.57. The van der Waals surface area contributed by atoms with Gasteiger partial charge in [-0.2, -0.15) is 0 Å². The van der Waals surface area contributed by atoms with Crippen molar-refractivity contribution in [2.24, 2.45) is 21.5 Å². The number of carbonyl (C=O) groups is 1. The Kier molecular flexibility index (Phi) is 4.49. The molecule has 0 amide bonds. The van der Waals surface area contributed by atoms with Crippen LogP contribution in [0.15, 0.2) is 45.4 Å². The van der Waals surface area contributed by atoms with Crippen LogP contribution in [-0.4, -0.2) is 28.9 Å². The molecule has 0 saturated heterocycles. The maximum Gasteiger partial charge on any atom is 0.335 e. The van der Waals surface area contributed by atoms with Crippen molar-refractivity contribution in [3.8, 4) is 0 Å². The molecule has 2 unspecified atom stereocenters. The van der Waals surface area contributed by atoms with Gasteiger partial charge in [0.15, 0.2) is 6.29 Å². The molecular formula is C18H22N4O2. The van der Waals surface area contributed by atoms with Crippen LogP contribution in [0, 0.1) is 0 Å². The monoisotopic (exact) mass is 326 g/mol. The molecule has 6 heteroatoms. The van der Waals surface area contributed by atoms with E-state index in [4.69, 9.17) is 16.6 Å². The molecule has 1 aliphatic heterocycles. The molecule has 5 N–H and O–H groups in total. The van der Waals surface area contributed by atoms with E-state index in [1.807, 2.05) is 12.1 Å². The molecule has 1 aromatic rings. The summed E-state index contributed by atoms with van der Waals surface area (Å²) in [5, 5.41) is 8.97. The first-order valence-corrected chi connectivity index (χ1v) is 8.17. The molecule has 0 spiro atoms. The third-order valence-electron chi connectivity index (χ3n) is 4.73. The molecule has 0 radical (unpaired) electrons. The molecule has 3 rings (SSSR count). The van der Waals surface area contributed by atoms with E-state index in [-0.39, 0.29) is 0 Å². The molecule has 1 aliphatic carbocycles. The first-order chi connectivity index (χ1) is 11.5. The van der Waals surface area contributed by atoms with Crippen LogP contribution in [0.25, 0.3) is 0 Å². The number of aliphatic imine (C=N–C) groups is 2. The maximum atomic E-state index is 10.9. The summed E-state index contributed by atoms with van der Waals surface area (Å²) in [4.78, 5) is 19.4. The van der Waals surface area contributed by atoms with Crippen LogP contribution >= 0.6 is 0 Å². The van der Waals surface area contributed by atoms with Gasteiger partial charge in [0.25, 0.3) is 0 Å². The number of hydrogen-bond acceptors (Lipinski definition) is 5. The number of nitrogens with two attached hydrogens (primary N) is 2. The third-order valence-corrected chi connectivity index (χ3v) is 4.73. The zero-order valence-corrected chi connectivity index (χ0v) is 13.7. The van der Waals surface area contributed by atoms with Gasteiger partial charge in [0.05, 0.1) is 11.3 Å². The summed E-state index contributed by atoms with van der Waals surface area (Å²) in [5.41, 5.74) is 16.5. The van der Waals surface area contributed by atoms with Gasteiger partial charge in [-0.1, -0.05) is 24.6 Å². The Morgan fingerprint density at radius 2 is 2.00 bits per heavy atom. The minimum absolute atomic E-state index is 0.315. The second-order valence-electron chi connectivity index (χ2n) is 6.35. The average Bonchev–Trinajstić information content (AvgIpc) is 2.95. The van der Waals surface area contributed by atoms with Crippen molar-refractivity contribution < 1.29 is 9.90 Å². The molecule has 2 atom stereocenters. The quantitative estimate of drug-likeness (QED) is 0.770. The Balaban J connectivity index is 1.68. The van der Waals surface area contributed by atoms with Crippen molar-refractivity contribution in [2.75, 3.05) is 0 Å². The smallest absolute Gasteiger partial charge is 0.335 e.